The summed E-state index contributed by atoms with van der Waals surface area (Å²) in [5, 5.41) is 33.6. The van der Waals surface area contributed by atoms with Crippen molar-refractivity contribution >= 4 is 5.91 Å². The fourth-order valence-corrected chi connectivity index (χ4v) is 7.63. The van der Waals surface area contributed by atoms with Gasteiger partial charge in [0, 0.05) is 6.42 Å². The quantitative estimate of drug-likeness (QED) is 0.0369. The SMILES string of the molecule is CCCCCCCCCCCCCCCC/C=C/CCCC(O)C(O)C(CO)NC(=O)CCCCCCCCCCCCCCCCCCCCCC. The van der Waals surface area contributed by atoms with E-state index in [9.17, 15) is 20.1 Å². The molecule has 1 amide bonds. The van der Waals surface area contributed by atoms with Crippen molar-refractivity contribution in [1.29, 1.82) is 0 Å². The Morgan fingerprint density at radius 2 is 0.755 bits per heavy atom. The van der Waals surface area contributed by atoms with Crippen LogP contribution in [-0.2, 0) is 4.79 Å². The summed E-state index contributed by atoms with van der Waals surface area (Å²) in [6.07, 6.45) is 51.9. The first-order valence-electron chi connectivity index (χ1n) is 24.0. The molecule has 0 bridgehead atoms. The second-order valence-electron chi connectivity index (χ2n) is 16.7. The van der Waals surface area contributed by atoms with E-state index in [1.54, 1.807) is 0 Å². The van der Waals surface area contributed by atoms with Gasteiger partial charge in [0.15, 0.2) is 0 Å². The van der Waals surface area contributed by atoms with E-state index in [0.717, 1.165) is 38.5 Å². The molecule has 0 fully saturated rings. The number of rotatable bonds is 44. The van der Waals surface area contributed by atoms with Crippen LogP contribution in [0.15, 0.2) is 12.2 Å². The largest absolute Gasteiger partial charge is 0.394 e. The summed E-state index contributed by atoms with van der Waals surface area (Å²) in [6, 6.07) is -0.821. The Bertz CT molecular complexity index is 743. The predicted octanol–water partition coefficient (Wildman–Crippen LogP) is 14.0. The van der Waals surface area contributed by atoms with Gasteiger partial charge in [-0.2, -0.15) is 0 Å². The van der Waals surface area contributed by atoms with Crippen LogP contribution < -0.4 is 5.32 Å². The van der Waals surface area contributed by atoms with E-state index in [2.05, 4.69) is 31.3 Å². The number of hydrogen-bond acceptors (Lipinski definition) is 4. The summed E-state index contributed by atoms with van der Waals surface area (Å²) < 4.78 is 0. The van der Waals surface area contributed by atoms with E-state index in [-0.39, 0.29) is 12.5 Å². The second kappa shape index (κ2) is 43.8. The maximum atomic E-state index is 12.4. The third-order valence-corrected chi connectivity index (χ3v) is 11.4. The van der Waals surface area contributed by atoms with Crippen LogP contribution in [0.1, 0.15) is 264 Å². The van der Waals surface area contributed by atoms with E-state index >= 15 is 0 Å². The minimum Gasteiger partial charge on any atom is -0.394 e. The number of unbranched alkanes of at least 4 members (excludes halogenated alkanes) is 34. The molecule has 0 aromatic carbocycles. The van der Waals surface area contributed by atoms with Crippen LogP contribution in [0.25, 0.3) is 0 Å². The lowest BCUT2D eigenvalue weighted by atomic mass is 10.0. The molecule has 0 aromatic heterocycles. The fraction of sp³-hybridized carbons (Fsp3) is 0.938. The Morgan fingerprint density at radius 3 is 1.09 bits per heavy atom. The number of hydrogen-bond donors (Lipinski definition) is 4. The van der Waals surface area contributed by atoms with E-state index in [4.69, 9.17) is 0 Å². The van der Waals surface area contributed by atoms with Gasteiger partial charge in [-0.05, 0) is 38.5 Å². The molecular formula is C48H95NO4. The number of amides is 1. The Balaban J connectivity index is 3.60. The third-order valence-electron chi connectivity index (χ3n) is 11.4. The summed E-state index contributed by atoms with van der Waals surface area (Å²) in [4.78, 5) is 12.4. The molecule has 4 N–H and O–H groups in total. The summed E-state index contributed by atoms with van der Waals surface area (Å²) in [7, 11) is 0. The molecule has 0 aliphatic rings. The smallest absolute Gasteiger partial charge is 0.220 e. The van der Waals surface area contributed by atoms with Gasteiger partial charge in [0.1, 0.15) is 6.10 Å². The van der Waals surface area contributed by atoms with E-state index < -0.39 is 18.2 Å². The van der Waals surface area contributed by atoms with Crippen LogP contribution >= 0.6 is 0 Å². The van der Waals surface area contributed by atoms with Crippen LogP contribution in [-0.4, -0.2) is 46.1 Å². The van der Waals surface area contributed by atoms with Crippen LogP contribution in [0.4, 0.5) is 0 Å². The minimum atomic E-state index is -1.15. The molecule has 0 radical (unpaired) electrons. The molecular weight excluding hydrogens is 655 g/mol. The van der Waals surface area contributed by atoms with Crippen LogP contribution in [0.2, 0.25) is 0 Å². The molecule has 316 valence electrons. The van der Waals surface area contributed by atoms with Crippen LogP contribution in [0, 0.1) is 0 Å². The van der Waals surface area contributed by atoms with Crippen molar-refractivity contribution in [3.63, 3.8) is 0 Å². The van der Waals surface area contributed by atoms with Gasteiger partial charge in [-0.1, -0.05) is 231 Å². The lowest BCUT2D eigenvalue weighted by Gasteiger charge is -2.26. The summed E-state index contributed by atoms with van der Waals surface area (Å²) in [6.45, 7) is 4.19. The molecule has 0 saturated heterocycles. The Morgan fingerprint density at radius 1 is 0.453 bits per heavy atom. The average Bonchev–Trinajstić information content (AvgIpc) is 3.16. The zero-order chi connectivity index (χ0) is 38.7. The zero-order valence-corrected chi connectivity index (χ0v) is 35.9. The zero-order valence-electron chi connectivity index (χ0n) is 35.9. The molecule has 5 nitrogen and oxygen atoms in total. The van der Waals surface area contributed by atoms with Gasteiger partial charge in [-0.15, -0.1) is 0 Å². The molecule has 0 aliphatic heterocycles. The molecule has 0 rings (SSSR count). The Kier molecular flexibility index (Phi) is 43.1. The molecule has 0 aromatic rings. The molecule has 3 unspecified atom stereocenters. The number of carbonyl (C=O) groups excluding carboxylic acids is 1. The first kappa shape index (κ1) is 52.1. The van der Waals surface area contributed by atoms with E-state index in [1.165, 1.54) is 199 Å². The molecule has 0 spiro atoms. The summed E-state index contributed by atoms with van der Waals surface area (Å²) >= 11 is 0. The van der Waals surface area contributed by atoms with Crippen LogP contribution in [0.3, 0.4) is 0 Å². The topological polar surface area (TPSA) is 89.8 Å². The van der Waals surface area contributed by atoms with Crippen molar-refractivity contribution in [3.05, 3.63) is 12.2 Å². The first-order chi connectivity index (χ1) is 26.1. The highest BCUT2D eigenvalue weighted by Gasteiger charge is 2.26. The van der Waals surface area contributed by atoms with Crippen molar-refractivity contribution < 1.29 is 20.1 Å². The lowest BCUT2D eigenvalue weighted by molar-refractivity contribution is -0.124. The lowest BCUT2D eigenvalue weighted by Crippen LogP contribution is -2.50. The van der Waals surface area contributed by atoms with Crippen molar-refractivity contribution in [1.82, 2.24) is 5.32 Å². The van der Waals surface area contributed by atoms with E-state index in [1.807, 2.05) is 0 Å². The second-order valence-corrected chi connectivity index (χ2v) is 16.7. The van der Waals surface area contributed by atoms with Crippen molar-refractivity contribution in [2.24, 2.45) is 0 Å². The monoisotopic (exact) mass is 750 g/mol. The molecule has 53 heavy (non-hydrogen) atoms. The van der Waals surface area contributed by atoms with Gasteiger partial charge < -0.3 is 20.6 Å². The summed E-state index contributed by atoms with van der Waals surface area (Å²) in [5.41, 5.74) is 0. The van der Waals surface area contributed by atoms with E-state index in [0.29, 0.717) is 12.8 Å². The first-order valence-corrected chi connectivity index (χ1v) is 24.0. The van der Waals surface area contributed by atoms with Gasteiger partial charge >= 0.3 is 0 Å². The number of allylic oxidation sites excluding steroid dienone is 2. The molecule has 0 aliphatic carbocycles. The third kappa shape index (κ3) is 39.1. The van der Waals surface area contributed by atoms with Gasteiger partial charge in [0.05, 0.1) is 18.8 Å². The number of nitrogens with one attached hydrogen (secondary N) is 1. The van der Waals surface area contributed by atoms with Gasteiger partial charge in [-0.25, -0.2) is 0 Å². The summed E-state index contributed by atoms with van der Waals surface area (Å²) in [5.74, 6) is -0.149. The molecule has 5 heteroatoms. The highest BCUT2D eigenvalue weighted by Crippen LogP contribution is 2.17. The molecule has 0 heterocycles. The van der Waals surface area contributed by atoms with Crippen LogP contribution in [0.5, 0.6) is 0 Å². The Hall–Kier alpha value is -0.910. The van der Waals surface area contributed by atoms with Crippen molar-refractivity contribution in [2.75, 3.05) is 6.61 Å². The highest BCUT2D eigenvalue weighted by atomic mass is 16.3. The average molecular weight is 750 g/mol. The number of aliphatic hydroxyl groups is 3. The fourth-order valence-electron chi connectivity index (χ4n) is 7.63. The Labute approximate surface area is 331 Å². The highest BCUT2D eigenvalue weighted by molar-refractivity contribution is 5.76. The van der Waals surface area contributed by atoms with Crippen molar-refractivity contribution in [3.8, 4) is 0 Å². The molecule has 0 saturated carbocycles. The number of carbonyl (C=O) groups is 1. The van der Waals surface area contributed by atoms with Gasteiger partial charge in [-0.3, -0.25) is 4.79 Å². The number of aliphatic hydroxyl groups excluding tert-OH is 3. The maximum Gasteiger partial charge on any atom is 0.220 e. The normalized spacial score (nSPS) is 13.5. The minimum absolute atomic E-state index is 0.149. The van der Waals surface area contributed by atoms with Crippen molar-refractivity contribution in [2.45, 2.75) is 283 Å². The van der Waals surface area contributed by atoms with Gasteiger partial charge in [0.2, 0.25) is 5.91 Å². The molecule has 3 atom stereocenters. The predicted molar refractivity (Wildman–Crippen MR) is 232 cm³/mol. The maximum absolute atomic E-state index is 12.4. The van der Waals surface area contributed by atoms with Gasteiger partial charge in [0.25, 0.3) is 0 Å². The standard InChI is InChI=1S/C48H95NO4/c1-3-5-7-9-11-13-15-17-19-21-23-25-27-29-31-33-35-37-39-41-43-47(52)49-45(44-50)48(53)46(51)42-40-38-36-34-32-30-28-26-24-22-20-18-16-14-12-10-8-6-4-2/h34,36,45-46,48,50-51,53H,3-33,35,37-44H2,1-2H3,(H,49,52)/b36-34+.